The van der Waals surface area contributed by atoms with E-state index in [4.69, 9.17) is 0 Å². The highest BCUT2D eigenvalue weighted by Crippen LogP contribution is 2.41. The molecule has 2 N–H and O–H groups in total. The number of amides is 3. The molecule has 2 aliphatic rings. The minimum Gasteiger partial charge on any atom is -0.348 e. The molecule has 14 heteroatoms. The molecule has 4 aromatic heterocycles. The van der Waals surface area contributed by atoms with Gasteiger partial charge in [0, 0.05) is 44.3 Å². The Kier molecular flexibility index (Phi) is 8.83. The minimum atomic E-state index is -0.185. The summed E-state index contributed by atoms with van der Waals surface area (Å²) in [5.74, 6) is 2.89. The van der Waals surface area contributed by atoms with Crippen LogP contribution in [0.3, 0.4) is 0 Å². The Morgan fingerprint density at radius 2 is 1.74 bits per heavy atom. The number of hydrogen-bond donors (Lipinski definition) is 2. The normalized spacial score (nSPS) is 14.0. The van der Waals surface area contributed by atoms with Crippen molar-refractivity contribution in [1.82, 2.24) is 39.2 Å². The molecule has 4 heterocycles. The third-order valence-electron chi connectivity index (χ3n) is 7.01. The molecule has 0 aliphatic heterocycles. The van der Waals surface area contributed by atoms with Crippen molar-refractivity contribution in [2.45, 2.75) is 57.9 Å². The lowest BCUT2D eigenvalue weighted by Crippen LogP contribution is -2.36. The van der Waals surface area contributed by atoms with Gasteiger partial charge in [-0.15, -0.1) is 0 Å². The molecule has 0 atom stereocenters. The van der Waals surface area contributed by atoms with Crippen LogP contribution < -0.4 is 15.5 Å². The van der Waals surface area contributed by atoms with Gasteiger partial charge in [0.15, 0.2) is 5.65 Å². The van der Waals surface area contributed by atoms with E-state index in [2.05, 4.69) is 40.5 Å². The van der Waals surface area contributed by atoms with E-state index in [1.165, 1.54) is 22.6 Å². The number of aromatic nitrogens is 7. The van der Waals surface area contributed by atoms with E-state index in [0.29, 0.717) is 60.0 Å². The monoisotopic (exact) mass is 585 g/mol. The molecular weight excluding hydrogens is 550 g/mol. The number of nitrogens with zero attached hydrogens (tertiary/aromatic N) is 9. The molecule has 0 aromatic carbocycles. The summed E-state index contributed by atoms with van der Waals surface area (Å²) in [5, 5.41) is 5.49. The van der Waals surface area contributed by atoms with E-state index in [-0.39, 0.29) is 18.4 Å². The lowest BCUT2D eigenvalue weighted by atomic mass is 10.1. The van der Waals surface area contributed by atoms with Gasteiger partial charge >= 0.3 is 0 Å². The second-order valence-corrected chi connectivity index (χ2v) is 10.9. The Morgan fingerprint density at radius 1 is 1.00 bits per heavy atom. The fraction of sp³-hybridized carbons (Fsp3) is 0.414. The van der Waals surface area contributed by atoms with Crippen molar-refractivity contribution in [1.29, 1.82) is 0 Å². The van der Waals surface area contributed by atoms with Gasteiger partial charge in [0.2, 0.25) is 30.6 Å². The predicted molar refractivity (Wildman–Crippen MR) is 160 cm³/mol. The standard InChI is InChI=1S/C21H25N9O3.C8H10N2/c1-13-24-20(27-21(25-13)23-11-31)22-7-16-9-29-8-15(14-4-5-14)6-17(19(29)26-16)30(12-32)10-18(33)28(2)3;1-6-4-5-9-8(10-6)7-2-3-7/h6,8-9,11-12,14H,4-5,7,10H2,1-3H3,(H2,22,23,24,25,27,31);4-5,7H,2-3H2,1H3. The van der Waals surface area contributed by atoms with Crippen LogP contribution >= 0.6 is 0 Å². The van der Waals surface area contributed by atoms with Crippen molar-refractivity contribution < 1.29 is 14.4 Å². The first kappa shape index (κ1) is 29.5. The fourth-order valence-corrected chi connectivity index (χ4v) is 4.41. The van der Waals surface area contributed by atoms with Crippen molar-refractivity contribution in [3.8, 4) is 0 Å². The number of likely N-dealkylation sites (N-methyl/N-ethyl adjacent to an activating group) is 1. The SMILES string of the molecule is Cc1ccnc(C2CC2)n1.Cc1nc(NC=O)nc(NCc2cn3cc(C4CC4)cc(N(C=O)CC(=O)N(C)C)c3n2)n1. The summed E-state index contributed by atoms with van der Waals surface area (Å²) in [6.07, 6.45) is 11.6. The zero-order valence-corrected chi connectivity index (χ0v) is 24.7. The minimum absolute atomic E-state index is 0.0721. The van der Waals surface area contributed by atoms with Crippen molar-refractivity contribution in [2.75, 3.05) is 36.2 Å². The van der Waals surface area contributed by atoms with Crippen molar-refractivity contribution in [3.05, 3.63) is 59.3 Å². The molecule has 0 radical (unpaired) electrons. The third-order valence-corrected chi connectivity index (χ3v) is 7.01. The van der Waals surface area contributed by atoms with Crippen LogP contribution in [-0.4, -0.2) is 78.6 Å². The molecule has 2 saturated carbocycles. The summed E-state index contributed by atoms with van der Waals surface area (Å²) >= 11 is 0. The van der Waals surface area contributed by atoms with Crippen LogP contribution in [0.25, 0.3) is 5.65 Å². The van der Waals surface area contributed by atoms with Crippen LogP contribution in [0.1, 0.15) is 66.1 Å². The first-order valence-electron chi connectivity index (χ1n) is 14.1. The molecule has 14 nitrogen and oxygen atoms in total. The van der Waals surface area contributed by atoms with Crippen LogP contribution in [0.2, 0.25) is 0 Å². The Balaban J connectivity index is 0.000000308. The molecule has 0 saturated heterocycles. The average Bonchev–Trinajstić information content (AvgIpc) is 3.91. The molecule has 4 aromatic rings. The number of fused-ring (bicyclic) bond motifs is 1. The van der Waals surface area contributed by atoms with E-state index in [1.807, 2.05) is 42.0 Å². The van der Waals surface area contributed by atoms with Gasteiger partial charge in [-0.25, -0.2) is 15.0 Å². The summed E-state index contributed by atoms with van der Waals surface area (Å²) in [4.78, 5) is 63.2. The van der Waals surface area contributed by atoms with Gasteiger partial charge in [-0.05, 0) is 63.1 Å². The molecule has 2 fully saturated rings. The lowest BCUT2D eigenvalue weighted by Gasteiger charge is -2.20. The smallest absolute Gasteiger partial charge is 0.242 e. The molecule has 0 spiro atoms. The zero-order valence-electron chi connectivity index (χ0n) is 24.7. The van der Waals surface area contributed by atoms with E-state index >= 15 is 0 Å². The Hall–Kier alpha value is -5.01. The summed E-state index contributed by atoms with van der Waals surface area (Å²) in [7, 11) is 3.31. The number of carbonyl (C=O) groups excluding carboxylic acids is 3. The first-order valence-corrected chi connectivity index (χ1v) is 14.1. The lowest BCUT2D eigenvalue weighted by molar-refractivity contribution is -0.128. The molecule has 6 rings (SSSR count). The molecule has 0 bridgehead atoms. The van der Waals surface area contributed by atoms with Crippen LogP contribution in [0.15, 0.2) is 30.7 Å². The van der Waals surface area contributed by atoms with Gasteiger partial charge in [-0.2, -0.15) is 15.0 Å². The molecule has 0 unspecified atom stereocenters. The van der Waals surface area contributed by atoms with Crippen molar-refractivity contribution >= 4 is 42.0 Å². The number of aryl methyl sites for hydroxylation is 2. The van der Waals surface area contributed by atoms with Gasteiger partial charge in [-0.3, -0.25) is 19.7 Å². The summed E-state index contributed by atoms with van der Waals surface area (Å²) in [6, 6.07) is 3.88. The van der Waals surface area contributed by atoms with Gasteiger partial charge in [0.05, 0.1) is 17.9 Å². The molecule has 224 valence electrons. The highest BCUT2D eigenvalue weighted by Gasteiger charge is 2.27. The van der Waals surface area contributed by atoms with Gasteiger partial charge in [0.1, 0.15) is 18.2 Å². The van der Waals surface area contributed by atoms with Crippen LogP contribution in [0.4, 0.5) is 17.6 Å². The number of anilines is 3. The molecular formula is C29H35N11O3. The van der Waals surface area contributed by atoms with Crippen LogP contribution in [0, 0.1) is 13.8 Å². The summed E-state index contributed by atoms with van der Waals surface area (Å²) < 4.78 is 1.88. The highest BCUT2D eigenvalue weighted by atomic mass is 16.2. The quantitative estimate of drug-likeness (QED) is 0.250. The fourth-order valence-electron chi connectivity index (χ4n) is 4.41. The Labute approximate surface area is 249 Å². The summed E-state index contributed by atoms with van der Waals surface area (Å²) in [5.41, 5.74) is 4.04. The van der Waals surface area contributed by atoms with Crippen molar-refractivity contribution in [3.63, 3.8) is 0 Å². The van der Waals surface area contributed by atoms with E-state index in [1.54, 1.807) is 21.0 Å². The van der Waals surface area contributed by atoms with Crippen LogP contribution in [0.5, 0.6) is 0 Å². The Morgan fingerprint density at radius 3 is 2.40 bits per heavy atom. The molecule has 43 heavy (non-hydrogen) atoms. The number of nitrogens with one attached hydrogen (secondary N) is 2. The molecule has 2 aliphatic carbocycles. The number of pyridine rings is 1. The van der Waals surface area contributed by atoms with Crippen molar-refractivity contribution in [2.24, 2.45) is 0 Å². The highest BCUT2D eigenvalue weighted by molar-refractivity contribution is 5.92. The second kappa shape index (κ2) is 12.9. The number of rotatable bonds is 11. The first-order chi connectivity index (χ1) is 20.7. The van der Waals surface area contributed by atoms with E-state index in [0.717, 1.165) is 29.9 Å². The Bertz CT molecular complexity index is 1630. The maximum atomic E-state index is 12.3. The topological polar surface area (TPSA) is 164 Å². The predicted octanol–water partition coefficient (Wildman–Crippen LogP) is 2.60. The second-order valence-electron chi connectivity index (χ2n) is 10.9. The third kappa shape index (κ3) is 7.64. The summed E-state index contributed by atoms with van der Waals surface area (Å²) in [6.45, 7) is 3.94. The molecule has 3 amide bonds. The van der Waals surface area contributed by atoms with Crippen LogP contribution in [-0.2, 0) is 20.9 Å². The number of carbonyl (C=O) groups is 3. The van der Waals surface area contributed by atoms with E-state index in [9.17, 15) is 14.4 Å². The zero-order chi connectivity index (χ0) is 30.5. The number of hydrogen-bond acceptors (Lipinski definition) is 10. The maximum absolute atomic E-state index is 12.3. The van der Waals surface area contributed by atoms with Gasteiger partial charge in [-0.1, -0.05) is 0 Å². The largest absolute Gasteiger partial charge is 0.348 e. The van der Waals surface area contributed by atoms with Gasteiger partial charge < -0.3 is 19.5 Å². The van der Waals surface area contributed by atoms with E-state index < -0.39 is 0 Å². The maximum Gasteiger partial charge on any atom is 0.242 e. The number of imidazole rings is 1. The van der Waals surface area contributed by atoms with Gasteiger partial charge in [0.25, 0.3) is 0 Å². The average molecular weight is 586 g/mol.